The van der Waals surface area contributed by atoms with Crippen molar-refractivity contribution in [2.75, 3.05) is 7.11 Å². The molecule has 2 nitrogen and oxygen atoms in total. The predicted molar refractivity (Wildman–Crippen MR) is 93.6 cm³/mol. The summed E-state index contributed by atoms with van der Waals surface area (Å²) in [5.41, 5.74) is 3.57. The van der Waals surface area contributed by atoms with Crippen LogP contribution in [0.5, 0.6) is 5.75 Å². The summed E-state index contributed by atoms with van der Waals surface area (Å²) in [5, 5.41) is 2.30. The fourth-order valence-corrected chi connectivity index (χ4v) is 4.29. The number of hydrogen-bond acceptors (Lipinski definition) is 2. The summed E-state index contributed by atoms with van der Waals surface area (Å²) < 4.78 is 5.33. The van der Waals surface area contributed by atoms with Gasteiger partial charge >= 0.3 is 0 Å². The molecule has 2 aliphatic carbocycles. The molecule has 0 aliphatic heterocycles. The number of ether oxygens (including phenoxy) is 1. The summed E-state index contributed by atoms with van der Waals surface area (Å²) in [6, 6.07) is 12.4. The molecule has 23 heavy (non-hydrogen) atoms. The van der Waals surface area contributed by atoms with Gasteiger partial charge in [-0.2, -0.15) is 0 Å². The third-order valence-electron chi connectivity index (χ3n) is 5.43. The highest BCUT2D eigenvalue weighted by Crippen LogP contribution is 2.43. The Morgan fingerprint density at radius 1 is 1.04 bits per heavy atom. The van der Waals surface area contributed by atoms with Gasteiger partial charge in [0.1, 0.15) is 5.75 Å². The number of carbonyl (C=O) groups is 1. The van der Waals surface area contributed by atoms with Crippen LogP contribution in [0.25, 0.3) is 16.3 Å². The van der Waals surface area contributed by atoms with Crippen LogP contribution in [0.15, 0.2) is 42.0 Å². The highest BCUT2D eigenvalue weighted by atomic mass is 16.5. The molecule has 0 bridgehead atoms. The van der Waals surface area contributed by atoms with E-state index in [1.165, 1.54) is 31.3 Å². The van der Waals surface area contributed by atoms with Crippen molar-refractivity contribution < 1.29 is 9.53 Å². The molecule has 0 aromatic heterocycles. The first-order valence-electron chi connectivity index (χ1n) is 8.61. The fourth-order valence-electron chi connectivity index (χ4n) is 4.29. The van der Waals surface area contributed by atoms with Gasteiger partial charge in [0, 0.05) is 12.0 Å². The zero-order chi connectivity index (χ0) is 15.8. The number of fused-ring (bicyclic) bond motifs is 1. The van der Waals surface area contributed by atoms with Gasteiger partial charge in [0.05, 0.1) is 7.11 Å². The van der Waals surface area contributed by atoms with Gasteiger partial charge in [0.2, 0.25) is 0 Å². The second-order valence-corrected chi connectivity index (χ2v) is 6.70. The van der Waals surface area contributed by atoms with E-state index in [9.17, 15) is 4.79 Å². The normalized spacial score (nSPS) is 19.1. The maximum atomic E-state index is 12.6. The van der Waals surface area contributed by atoms with Crippen LogP contribution in [0.2, 0.25) is 0 Å². The molecule has 1 saturated carbocycles. The van der Waals surface area contributed by atoms with Crippen LogP contribution in [-0.2, 0) is 4.79 Å². The van der Waals surface area contributed by atoms with E-state index < -0.39 is 0 Å². The first-order valence-corrected chi connectivity index (χ1v) is 8.61. The average Bonchev–Trinajstić information content (AvgIpc) is 3.23. The van der Waals surface area contributed by atoms with Crippen LogP contribution in [0, 0.1) is 5.92 Å². The number of allylic oxidation sites excluding steroid dienone is 2. The molecule has 118 valence electrons. The molecule has 2 heteroatoms. The van der Waals surface area contributed by atoms with Crippen molar-refractivity contribution in [3.8, 4) is 5.75 Å². The van der Waals surface area contributed by atoms with E-state index in [4.69, 9.17) is 4.74 Å². The largest absolute Gasteiger partial charge is 0.497 e. The van der Waals surface area contributed by atoms with Crippen molar-refractivity contribution in [2.45, 2.75) is 38.5 Å². The first kappa shape index (κ1) is 14.5. The van der Waals surface area contributed by atoms with Crippen molar-refractivity contribution in [2.24, 2.45) is 5.92 Å². The second-order valence-electron chi connectivity index (χ2n) is 6.70. The highest BCUT2D eigenvalue weighted by Gasteiger charge is 2.31. The monoisotopic (exact) mass is 306 g/mol. The van der Waals surface area contributed by atoms with E-state index >= 15 is 0 Å². The van der Waals surface area contributed by atoms with Gasteiger partial charge < -0.3 is 4.74 Å². The van der Waals surface area contributed by atoms with Gasteiger partial charge in [-0.25, -0.2) is 0 Å². The lowest BCUT2D eigenvalue weighted by Crippen LogP contribution is -2.02. The Morgan fingerprint density at radius 3 is 2.65 bits per heavy atom. The number of hydrogen-bond donors (Lipinski definition) is 0. The molecule has 0 unspecified atom stereocenters. The number of benzene rings is 2. The fraction of sp³-hybridized carbons (Fsp3) is 0.381. The molecular weight excluding hydrogens is 284 g/mol. The summed E-state index contributed by atoms with van der Waals surface area (Å²) in [4.78, 5) is 12.6. The van der Waals surface area contributed by atoms with Crippen molar-refractivity contribution in [3.63, 3.8) is 0 Å². The minimum Gasteiger partial charge on any atom is -0.497 e. The van der Waals surface area contributed by atoms with Crippen molar-refractivity contribution >= 4 is 22.1 Å². The van der Waals surface area contributed by atoms with Crippen molar-refractivity contribution in [3.05, 3.63) is 47.5 Å². The zero-order valence-electron chi connectivity index (χ0n) is 13.6. The van der Waals surface area contributed by atoms with E-state index in [0.29, 0.717) is 18.1 Å². The summed E-state index contributed by atoms with van der Waals surface area (Å²) in [5.74, 6) is 1.82. The summed E-state index contributed by atoms with van der Waals surface area (Å²) in [6.45, 7) is 0. The van der Waals surface area contributed by atoms with E-state index in [-0.39, 0.29) is 0 Å². The average molecular weight is 306 g/mol. The Hall–Kier alpha value is -2.09. The molecule has 0 atom stereocenters. The smallest absolute Gasteiger partial charge is 0.163 e. The van der Waals surface area contributed by atoms with Gasteiger partial charge in [-0.1, -0.05) is 42.7 Å². The van der Waals surface area contributed by atoms with Crippen LogP contribution in [-0.4, -0.2) is 12.9 Å². The maximum absolute atomic E-state index is 12.6. The van der Waals surface area contributed by atoms with Gasteiger partial charge in [-0.05, 0) is 53.6 Å². The standard InChI is InChI=1S/C21H22O2/c1-23-16-9-10-17-15(13-16)7-4-8-19(17)21-18(11-12-20(21)22)14-5-2-3-6-14/h4,7-10,13-14H,2-3,5-6,11-12H2,1H3. The molecule has 0 N–H and O–H groups in total. The lowest BCUT2D eigenvalue weighted by molar-refractivity contribution is -0.113. The van der Waals surface area contributed by atoms with E-state index in [2.05, 4.69) is 24.3 Å². The first-order chi connectivity index (χ1) is 11.3. The third-order valence-corrected chi connectivity index (χ3v) is 5.43. The van der Waals surface area contributed by atoms with Gasteiger partial charge in [0.25, 0.3) is 0 Å². The number of ketones is 1. The molecule has 0 spiro atoms. The van der Waals surface area contributed by atoms with Gasteiger partial charge in [0.15, 0.2) is 5.78 Å². The topological polar surface area (TPSA) is 26.3 Å². The Labute approximate surface area is 137 Å². The van der Waals surface area contributed by atoms with Gasteiger partial charge in [-0.15, -0.1) is 0 Å². The lowest BCUT2D eigenvalue weighted by atomic mass is 9.89. The summed E-state index contributed by atoms with van der Waals surface area (Å²) in [6.07, 6.45) is 6.78. The molecule has 0 saturated heterocycles. The van der Waals surface area contributed by atoms with Crippen molar-refractivity contribution in [1.29, 1.82) is 0 Å². The Kier molecular flexibility index (Phi) is 3.68. The molecule has 2 aromatic rings. The zero-order valence-corrected chi connectivity index (χ0v) is 13.6. The molecule has 1 fully saturated rings. The van der Waals surface area contributed by atoms with E-state index in [0.717, 1.165) is 34.1 Å². The number of methoxy groups -OCH3 is 1. The Morgan fingerprint density at radius 2 is 1.87 bits per heavy atom. The predicted octanol–water partition coefficient (Wildman–Crippen LogP) is 5.16. The summed E-state index contributed by atoms with van der Waals surface area (Å²) >= 11 is 0. The highest BCUT2D eigenvalue weighted by molar-refractivity contribution is 6.26. The number of carbonyl (C=O) groups excluding carboxylic acids is 1. The molecule has 0 heterocycles. The van der Waals surface area contributed by atoms with Crippen LogP contribution in [0.3, 0.4) is 0 Å². The van der Waals surface area contributed by atoms with Crippen LogP contribution in [0.1, 0.15) is 44.1 Å². The second kappa shape index (κ2) is 5.84. The van der Waals surface area contributed by atoms with Crippen molar-refractivity contribution in [1.82, 2.24) is 0 Å². The third kappa shape index (κ3) is 2.46. The quantitative estimate of drug-likeness (QED) is 0.783. The molecule has 0 radical (unpaired) electrons. The number of rotatable bonds is 3. The molecular formula is C21H22O2. The number of Topliss-reactive ketones (excluding diaryl/α,β-unsaturated/α-hetero) is 1. The Bertz CT molecular complexity index is 795. The lowest BCUT2D eigenvalue weighted by Gasteiger charge is -2.15. The van der Waals surface area contributed by atoms with Gasteiger partial charge in [-0.3, -0.25) is 4.79 Å². The minimum atomic E-state index is 0.329. The molecule has 2 aliphatic rings. The minimum absolute atomic E-state index is 0.329. The molecule has 0 amide bonds. The van der Waals surface area contributed by atoms with Crippen LogP contribution in [0.4, 0.5) is 0 Å². The maximum Gasteiger partial charge on any atom is 0.163 e. The van der Waals surface area contributed by atoms with Crippen LogP contribution >= 0.6 is 0 Å². The van der Waals surface area contributed by atoms with E-state index in [1.807, 2.05) is 12.1 Å². The summed E-state index contributed by atoms with van der Waals surface area (Å²) in [7, 11) is 1.69. The molecule has 4 rings (SSSR count). The van der Waals surface area contributed by atoms with Crippen LogP contribution < -0.4 is 4.74 Å². The molecule has 2 aromatic carbocycles. The Balaban J connectivity index is 1.89. The van der Waals surface area contributed by atoms with E-state index in [1.54, 1.807) is 7.11 Å². The SMILES string of the molecule is COc1ccc2c(C3=C(C4CCCC4)CCC3=O)cccc2c1.